The predicted octanol–water partition coefficient (Wildman–Crippen LogP) is 2.80. The summed E-state index contributed by atoms with van der Waals surface area (Å²) in [6.45, 7) is 1.78. The number of anilines is 1. The lowest BCUT2D eigenvalue weighted by atomic mass is 10.2. The minimum atomic E-state index is -0.207. The lowest BCUT2D eigenvalue weighted by Gasteiger charge is -2.06. The third kappa shape index (κ3) is 2.88. The topological polar surface area (TPSA) is 54.9 Å². The molecule has 0 saturated heterocycles. The number of rotatable bonds is 2. The Morgan fingerprint density at radius 3 is 2.94 bits per heavy atom. The first-order valence-corrected chi connectivity index (χ1v) is 5.79. The molecule has 0 aliphatic rings. The van der Waals surface area contributed by atoms with Gasteiger partial charge in [-0.15, -0.1) is 0 Å². The fraction of sp³-hybridized carbons (Fsp3) is 0.0833. The molecule has 0 saturated carbocycles. The Bertz CT molecular complexity index is 557. The average molecular weight is 292 g/mol. The molecule has 4 nitrogen and oxygen atoms in total. The number of amides is 1. The van der Waals surface area contributed by atoms with Gasteiger partial charge in [-0.05, 0) is 25.1 Å². The Balaban J connectivity index is 2.20. The molecule has 1 N–H and O–H groups in total. The summed E-state index contributed by atoms with van der Waals surface area (Å²) < 4.78 is 0.913. The van der Waals surface area contributed by atoms with Crippen LogP contribution in [-0.4, -0.2) is 15.9 Å². The van der Waals surface area contributed by atoms with Crippen molar-refractivity contribution in [3.8, 4) is 0 Å². The number of hydrogen-bond donors (Lipinski definition) is 1. The molecule has 1 aromatic carbocycles. The van der Waals surface area contributed by atoms with Gasteiger partial charge in [0.25, 0.3) is 5.91 Å². The maximum Gasteiger partial charge on any atom is 0.259 e. The number of carbonyl (C=O) groups excluding carboxylic acids is 1. The van der Waals surface area contributed by atoms with Crippen molar-refractivity contribution in [1.29, 1.82) is 0 Å². The van der Waals surface area contributed by atoms with E-state index in [-0.39, 0.29) is 5.91 Å². The zero-order chi connectivity index (χ0) is 12.3. The maximum atomic E-state index is 11.9. The number of nitrogens with zero attached hydrogens (tertiary/aromatic N) is 2. The number of aryl methyl sites for hydroxylation is 1. The molecule has 2 rings (SSSR count). The van der Waals surface area contributed by atoms with Crippen molar-refractivity contribution in [1.82, 2.24) is 9.97 Å². The van der Waals surface area contributed by atoms with Crippen LogP contribution in [-0.2, 0) is 0 Å². The van der Waals surface area contributed by atoms with Gasteiger partial charge in [0.2, 0.25) is 0 Å². The average Bonchev–Trinajstić information content (AvgIpc) is 2.29. The summed E-state index contributed by atoms with van der Waals surface area (Å²) in [5.41, 5.74) is 1.87. The van der Waals surface area contributed by atoms with Gasteiger partial charge in [-0.1, -0.05) is 22.0 Å². The number of nitrogens with one attached hydrogen (secondary N) is 1. The Hall–Kier alpha value is -1.75. The molecule has 0 atom stereocenters. The highest BCUT2D eigenvalue weighted by Crippen LogP contribution is 2.16. The molecule has 0 aliphatic heterocycles. The summed E-state index contributed by atoms with van der Waals surface area (Å²) in [7, 11) is 0. The smallest absolute Gasteiger partial charge is 0.259 e. The van der Waals surface area contributed by atoms with Gasteiger partial charge in [0.15, 0.2) is 0 Å². The quantitative estimate of drug-likeness (QED) is 0.926. The van der Waals surface area contributed by atoms with Crippen LogP contribution in [0.4, 0.5) is 5.69 Å². The normalized spacial score (nSPS) is 10.0. The molecule has 0 spiro atoms. The highest BCUT2D eigenvalue weighted by molar-refractivity contribution is 9.10. The molecule has 1 aromatic heterocycles. The van der Waals surface area contributed by atoms with Crippen LogP contribution in [0.1, 0.15) is 16.1 Å². The van der Waals surface area contributed by atoms with Gasteiger partial charge in [-0.2, -0.15) is 0 Å². The molecule has 0 unspecified atom stereocenters. The summed E-state index contributed by atoms with van der Waals surface area (Å²) in [6, 6.07) is 7.40. The molecule has 0 bridgehead atoms. The minimum Gasteiger partial charge on any atom is -0.322 e. The number of hydrogen-bond acceptors (Lipinski definition) is 3. The second-order valence-corrected chi connectivity index (χ2v) is 4.40. The second kappa shape index (κ2) is 5.05. The summed E-state index contributed by atoms with van der Waals surface area (Å²) >= 11 is 3.35. The SMILES string of the molecule is Cc1ncncc1C(=O)Nc1cccc(Br)c1. The van der Waals surface area contributed by atoms with Crippen LogP contribution in [0.15, 0.2) is 41.3 Å². The van der Waals surface area contributed by atoms with E-state index in [9.17, 15) is 4.79 Å². The Labute approximate surface area is 107 Å². The summed E-state index contributed by atoms with van der Waals surface area (Å²) in [5, 5.41) is 2.79. The van der Waals surface area contributed by atoms with Gasteiger partial charge in [0.1, 0.15) is 6.33 Å². The first-order valence-electron chi connectivity index (χ1n) is 5.00. The summed E-state index contributed by atoms with van der Waals surface area (Å²) in [5.74, 6) is -0.207. The molecule has 5 heteroatoms. The molecular weight excluding hydrogens is 282 g/mol. The fourth-order valence-electron chi connectivity index (χ4n) is 1.38. The maximum absolute atomic E-state index is 11.9. The van der Waals surface area contributed by atoms with Crippen LogP contribution in [0.2, 0.25) is 0 Å². The van der Waals surface area contributed by atoms with E-state index in [0.29, 0.717) is 11.3 Å². The lowest BCUT2D eigenvalue weighted by Crippen LogP contribution is -2.14. The van der Waals surface area contributed by atoms with E-state index in [1.165, 1.54) is 12.5 Å². The standard InChI is InChI=1S/C12H10BrN3O/c1-8-11(6-14-7-15-8)12(17)16-10-4-2-3-9(13)5-10/h2-7H,1H3,(H,16,17). The third-order valence-electron chi connectivity index (χ3n) is 2.24. The third-order valence-corrected chi connectivity index (χ3v) is 2.73. The second-order valence-electron chi connectivity index (χ2n) is 3.49. The van der Waals surface area contributed by atoms with Crippen molar-refractivity contribution in [2.24, 2.45) is 0 Å². The number of benzene rings is 1. The molecule has 1 heterocycles. The summed E-state index contributed by atoms with van der Waals surface area (Å²) in [6.07, 6.45) is 2.93. The van der Waals surface area contributed by atoms with Crippen molar-refractivity contribution >= 4 is 27.5 Å². The fourth-order valence-corrected chi connectivity index (χ4v) is 1.78. The van der Waals surface area contributed by atoms with E-state index in [4.69, 9.17) is 0 Å². The molecular formula is C12H10BrN3O. The highest BCUT2D eigenvalue weighted by Gasteiger charge is 2.09. The van der Waals surface area contributed by atoms with Crippen molar-refractivity contribution in [2.45, 2.75) is 6.92 Å². The molecule has 0 aliphatic carbocycles. The molecule has 2 aromatic rings. The Kier molecular flexibility index (Phi) is 3.49. The van der Waals surface area contributed by atoms with Crippen LogP contribution in [0.25, 0.3) is 0 Å². The van der Waals surface area contributed by atoms with Gasteiger partial charge in [0, 0.05) is 16.4 Å². The molecule has 17 heavy (non-hydrogen) atoms. The van der Waals surface area contributed by atoms with Gasteiger partial charge in [0.05, 0.1) is 11.3 Å². The first-order chi connectivity index (χ1) is 8.16. The molecule has 86 valence electrons. The predicted molar refractivity (Wildman–Crippen MR) is 68.9 cm³/mol. The number of carbonyl (C=O) groups is 1. The van der Waals surface area contributed by atoms with Crippen LogP contribution >= 0.6 is 15.9 Å². The Morgan fingerprint density at radius 1 is 1.41 bits per heavy atom. The monoisotopic (exact) mass is 291 g/mol. The highest BCUT2D eigenvalue weighted by atomic mass is 79.9. The van der Waals surface area contributed by atoms with Crippen LogP contribution < -0.4 is 5.32 Å². The van der Waals surface area contributed by atoms with Crippen molar-refractivity contribution < 1.29 is 4.79 Å². The van der Waals surface area contributed by atoms with Crippen molar-refractivity contribution in [2.75, 3.05) is 5.32 Å². The number of halogens is 1. The van der Waals surface area contributed by atoms with E-state index >= 15 is 0 Å². The lowest BCUT2D eigenvalue weighted by molar-refractivity contribution is 0.102. The molecule has 1 amide bonds. The minimum absolute atomic E-state index is 0.207. The van der Waals surface area contributed by atoms with E-state index in [0.717, 1.165) is 10.2 Å². The van der Waals surface area contributed by atoms with Gasteiger partial charge >= 0.3 is 0 Å². The van der Waals surface area contributed by atoms with Gasteiger partial charge in [-0.3, -0.25) is 4.79 Å². The number of aromatic nitrogens is 2. The summed E-state index contributed by atoms with van der Waals surface area (Å²) in [4.78, 5) is 19.8. The first kappa shape index (κ1) is 11.7. The molecule has 0 radical (unpaired) electrons. The molecule has 0 fully saturated rings. The van der Waals surface area contributed by atoms with Gasteiger partial charge in [-0.25, -0.2) is 9.97 Å². The van der Waals surface area contributed by atoms with Crippen LogP contribution in [0.5, 0.6) is 0 Å². The van der Waals surface area contributed by atoms with Crippen molar-refractivity contribution in [3.63, 3.8) is 0 Å². The van der Waals surface area contributed by atoms with E-state index in [1.807, 2.05) is 24.3 Å². The van der Waals surface area contributed by atoms with Crippen molar-refractivity contribution in [3.05, 3.63) is 52.5 Å². The zero-order valence-corrected chi connectivity index (χ0v) is 10.7. The van der Waals surface area contributed by atoms with Crippen LogP contribution in [0.3, 0.4) is 0 Å². The Morgan fingerprint density at radius 2 is 2.24 bits per heavy atom. The van der Waals surface area contributed by atoms with E-state index in [1.54, 1.807) is 6.92 Å². The van der Waals surface area contributed by atoms with Gasteiger partial charge < -0.3 is 5.32 Å². The zero-order valence-electron chi connectivity index (χ0n) is 9.14. The van der Waals surface area contributed by atoms with E-state index in [2.05, 4.69) is 31.2 Å². The largest absolute Gasteiger partial charge is 0.322 e. The van der Waals surface area contributed by atoms with Crippen LogP contribution in [0, 0.1) is 6.92 Å². The van der Waals surface area contributed by atoms with E-state index < -0.39 is 0 Å².